The minimum Gasteiger partial charge on any atom is -0.315 e. The van der Waals surface area contributed by atoms with Gasteiger partial charge in [-0.1, -0.05) is 37.3 Å². The largest absolute Gasteiger partial charge is 0.315 e. The molecule has 1 N–H and O–H groups in total. The molecule has 1 aliphatic rings. The lowest BCUT2D eigenvalue weighted by molar-refractivity contribution is 0.300. The van der Waals surface area contributed by atoms with Gasteiger partial charge in [0, 0.05) is 12.6 Å². The minimum atomic E-state index is 0.653. The van der Waals surface area contributed by atoms with Crippen molar-refractivity contribution >= 4 is 0 Å². The van der Waals surface area contributed by atoms with Crippen LogP contribution in [0.3, 0.4) is 0 Å². The van der Waals surface area contributed by atoms with E-state index in [1.807, 2.05) is 0 Å². The standard InChI is InChI=1S/C16H26N2/c1-14(15-7-4-3-5-8-15)10-11-17-13-16-9-6-12-18(16)2/h3-5,7-8,14,16-17H,6,9-13H2,1-2H3. The number of likely N-dealkylation sites (tertiary alicyclic amines) is 1. The molecule has 2 heteroatoms. The van der Waals surface area contributed by atoms with Gasteiger partial charge < -0.3 is 10.2 Å². The van der Waals surface area contributed by atoms with Gasteiger partial charge in [0.05, 0.1) is 0 Å². The van der Waals surface area contributed by atoms with Crippen molar-refractivity contribution in [3.8, 4) is 0 Å². The van der Waals surface area contributed by atoms with E-state index in [4.69, 9.17) is 0 Å². The summed E-state index contributed by atoms with van der Waals surface area (Å²) in [6, 6.07) is 11.6. The summed E-state index contributed by atoms with van der Waals surface area (Å²) in [4.78, 5) is 2.48. The molecule has 2 nitrogen and oxygen atoms in total. The second-order valence-electron chi connectivity index (χ2n) is 5.58. The second-order valence-corrected chi connectivity index (χ2v) is 5.58. The maximum atomic E-state index is 3.62. The first-order valence-electron chi connectivity index (χ1n) is 7.23. The summed E-state index contributed by atoms with van der Waals surface area (Å²) in [6.07, 6.45) is 3.95. The molecular formula is C16H26N2. The van der Waals surface area contributed by atoms with Gasteiger partial charge in [0.2, 0.25) is 0 Å². The molecule has 18 heavy (non-hydrogen) atoms. The topological polar surface area (TPSA) is 15.3 Å². The molecular weight excluding hydrogens is 220 g/mol. The second kappa shape index (κ2) is 6.91. The molecule has 2 rings (SSSR count). The Labute approximate surface area is 111 Å². The molecule has 0 saturated carbocycles. The molecule has 0 spiro atoms. The molecule has 1 fully saturated rings. The normalized spacial score (nSPS) is 22.2. The number of hydrogen-bond donors (Lipinski definition) is 1. The van der Waals surface area contributed by atoms with Crippen molar-refractivity contribution in [2.24, 2.45) is 0 Å². The number of likely N-dealkylation sites (N-methyl/N-ethyl adjacent to an activating group) is 1. The Morgan fingerprint density at radius 1 is 1.33 bits per heavy atom. The van der Waals surface area contributed by atoms with Crippen LogP contribution in [0, 0.1) is 0 Å². The van der Waals surface area contributed by atoms with E-state index in [9.17, 15) is 0 Å². The number of rotatable bonds is 6. The summed E-state index contributed by atoms with van der Waals surface area (Å²) in [5.74, 6) is 0.653. The summed E-state index contributed by atoms with van der Waals surface area (Å²) in [5, 5.41) is 3.62. The van der Waals surface area contributed by atoms with Crippen LogP contribution in [0.25, 0.3) is 0 Å². The predicted octanol–water partition coefficient (Wildman–Crippen LogP) is 2.86. The van der Waals surface area contributed by atoms with Crippen LogP contribution in [0.1, 0.15) is 37.7 Å². The van der Waals surface area contributed by atoms with E-state index < -0.39 is 0 Å². The van der Waals surface area contributed by atoms with Crippen LogP contribution in [-0.4, -0.2) is 37.6 Å². The Bertz CT molecular complexity index is 336. The number of nitrogens with one attached hydrogen (secondary N) is 1. The molecule has 1 heterocycles. The third kappa shape index (κ3) is 3.82. The summed E-state index contributed by atoms with van der Waals surface area (Å²) < 4.78 is 0. The number of hydrogen-bond acceptors (Lipinski definition) is 2. The molecule has 2 atom stereocenters. The molecule has 1 aliphatic heterocycles. The Morgan fingerprint density at radius 2 is 2.11 bits per heavy atom. The van der Waals surface area contributed by atoms with Crippen molar-refractivity contribution < 1.29 is 0 Å². The molecule has 1 saturated heterocycles. The molecule has 1 aromatic rings. The van der Waals surface area contributed by atoms with Crippen molar-refractivity contribution in [2.45, 2.75) is 38.1 Å². The van der Waals surface area contributed by atoms with Crippen LogP contribution in [0.5, 0.6) is 0 Å². The molecule has 0 amide bonds. The fourth-order valence-corrected chi connectivity index (χ4v) is 2.77. The third-order valence-electron chi connectivity index (χ3n) is 4.17. The van der Waals surface area contributed by atoms with E-state index in [1.54, 1.807) is 0 Å². The predicted molar refractivity (Wildman–Crippen MR) is 78.0 cm³/mol. The molecule has 0 aliphatic carbocycles. The zero-order chi connectivity index (χ0) is 12.8. The van der Waals surface area contributed by atoms with Gasteiger partial charge in [-0.25, -0.2) is 0 Å². The first kappa shape index (κ1) is 13.6. The van der Waals surface area contributed by atoms with Gasteiger partial charge in [0.25, 0.3) is 0 Å². The van der Waals surface area contributed by atoms with Gasteiger partial charge in [-0.05, 0) is 50.9 Å². The highest BCUT2D eigenvalue weighted by Gasteiger charge is 2.19. The van der Waals surface area contributed by atoms with Crippen molar-refractivity contribution in [1.29, 1.82) is 0 Å². The Morgan fingerprint density at radius 3 is 2.78 bits per heavy atom. The summed E-state index contributed by atoms with van der Waals surface area (Å²) >= 11 is 0. The third-order valence-corrected chi connectivity index (χ3v) is 4.17. The van der Waals surface area contributed by atoms with Gasteiger partial charge in [0.1, 0.15) is 0 Å². The van der Waals surface area contributed by atoms with Crippen molar-refractivity contribution in [2.75, 3.05) is 26.7 Å². The molecule has 2 unspecified atom stereocenters. The first-order chi connectivity index (χ1) is 8.77. The van der Waals surface area contributed by atoms with Gasteiger partial charge in [-0.3, -0.25) is 0 Å². The zero-order valence-corrected chi connectivity index (χ0v) is 11.7. The summed E-state index contributed by atoms with van der Waals surface area (Å²) in [7, 11) is 2.24. The van der Waals surface area contributed by atoms with Crippen LogP contribution in [-0.2, 0) is 0 Å². The smallest absolute Gasteiger partial charge is 0.0218 e. The van der Waals surface area contributed by atoms with Gasteiger partial charge in [-0.15, -0.1) is 0 Å². The molecule has 0 aromatic heterocycles. The lowest BCUT2D eigenvalue weighted by Crippen LogP contribution is -2.36. The van der Waals surface area contributed by atoms with E-state index in [-0.39, 0.29) is 0 Å². The Kier molecular flexibility index (Phi) is 5.21. The Hall–Kier alpha value is -0.860. The van der Waals surface area contributed by atoms with Gasteiger partial charge in [-0.2, -0.15) is 0 Å². The highest BCUT2D eigenvalue weighted by atomic mass is 15.2. The van der Waals surface area contributed by atoms with E-state index in [0.29, 0.717) is 5.92 Å². The fourth-order valence-electron chi connectivity index (χ4n) is 2.77. The first-order valence-corrected chi connectivity index (χ1v) is 7.23. The fraction of sp³-hybridized carbons (Fsp3) is 0.625. The molecule has 100 valence electrons. The van der Waals surface area contributed by atoms with Crippen LogP contribution in [0.2, 0.25) is 0 Å². The van der Waals surface area contributed by atoms with Crippen molar-refractivity contribution in [3.63, 3.8) is 0 Å². The Balaban J connectivity index is 1.63. The minimum absolute atomic E-state index is 0.653. The van der Waals surface area contributed by atoms with Crippen molar-refractivity contribution in [1.82, 2.24) is 10.2 Å². The van der Waals surface area contributed by atoms with E-state index in [2.05, 4.69) is 54.5 Å². The van der Waals surface area contributed by atoms with Crippen LogP contribution >= 0.6 is 0 Å². The highest BCUT2D eigenvalue weighted by molar-refractivity contribution is 5.18. The van der Waals surface area contributed by atoms with Crippen LogP contribution in [0.4, 0.5) is 0 Å². The van der Waals surface area contributed by atoms with Crippen molar-refractivity contribution in [3.05, 3.63) is 35.9 Å². The quantitative estimate of drug-likeness (QED) is 0.777. The average molecular weight is 246 g/mol. The lowest BCUT2D eigenvalue weighted by Gasteiger charge is -2.20. The SMILES string of the molecule is CC(CCNCC1CCCN1C)c1ccccc1. The van der Waals surface area contributed by atoms with E-state index >= 15 is 0 Å². The van der Waals surface area contributed by atoms with Gasteiger partial charge in [0.15, 0.2) is 0 Å². The zero-order valence-electron chi connectivity index (χ0n) is 11.7. The maximum absolute atomic E-state index is 3.62. The molecule has 0 bridgehead atoms. The number of benzene rings is 1. The molecule has 1 aromatic carbocycles. The molecule has 0 radical (unpaired) electrons. The summed E-state index contributed by atoms with van der Waals surface area (Å²) in [5.41, 5.74) is 1.46. The average Bonchev–Trinajstić information content (AvgIpc) is 2.81. The van der Waals surface area contributed by atoms with Gasteiger partial charge >= 0.3 is 0 Å². The van der Waals surface area contributed by atoms with E-state index in [0.717, 1.165) is 19.1 Å². The van der Waals surface area contributed by atoms with E-state index in [1.165, 1.54) is 31.4 Å². The lowest BCUT2D eigenvalue weighted by atomic mass is 9.98. The maximum Gasteiger partial charge on any atom is 0.0218 e. The van der Waals surface area contributed by atoms with Crippen LogP contribution in [0.15, 0.2) is 30.3 Å². The summed E-state index contributed by atoms with van der Waals surface area (Å²) in [6.45, 7) is 5.86. The van der Waals surface area contributed by atoms with Crippen LogP contribution < -0.4 is 5.32 Å². The monoisotopic (exact) mass is 246 g/mol. The highest BCUT2D eigenvalue weighted by Crippen LogP contribution is 2.18. The number of nitrogens with zero attached hydrogens (tertiary/aromatic N) is 1.